The number of fused-ring (bicyclic) bond motifs is 1. The van der Waals surface area contributed by atoms with Crippen LogP contribution in [0.25, 0.3) is 0 Å². The van der Waals surface area contributed by atoms with E-state index in [0.717, 1.165) is 5.57 Å². The summed E-state index contributed by atoms with van der Waals surface area (Å²) in [5, 5.41) is 0. The van der Waals surface area contributed by atoms with Gasteiger partial charge in [-0.25, -0.2) is 0 Å². The zero-order chi connectivity index (χ0) is 17.9. The fourth-order valence-corrected chi connectivity index (χ4v) is 4.07. The van der Waals surface area contributed by atoms with Crippen LogP contribution in [0.1, 0.15) is 40.0 Å². The van der Waals surface area contributed by atoms with Gasteiger partial charge in [-0.2, -0.15) is 0 Å². The summed E-state index contributed by atoms with van der Waals surface area (Å²) in [6.07, 6.45) is 1.10. The summed E-state index contributed by atoms with van der Waals surface area (Å²) in [6, 6.07) is 0. The first-order valence-corrected chi connectivity index (χ1v) is 8.60. The van der Waals surface area contributed by atoms with Crippen LogP contribution < -0.4 is 0 Å². The second kappa shape index (κ2) is 7.36. The molecule has 0 amide bonds. The molecule has 0 bridgehead atoms. The van der Waals surface area contributed by atoms with Gasteiger partial charge in [0.2, 0.25) is 0 Å². The Bertz CT molecular complexity index is 520. The lowest BCUT2D eigenvalue weighted by atomic mass is 9.81. The van der Waals surface area contributed by atoms with Gasteiger partial charge in [0, 0.05) is 0 Å². The van der Waals surface area contributed by atoms with Crippen LogP contribution in [0.2, 0.25) is 0 Å². The van der Waals surface area contributed by atoms with Gasteiger partial charge < -0.3 is 14.2 Å². The molecule has 24 heavy (non-hydrogen) atoms. The lowest BCUT2D eigenvalue weighted by Gasteiger charge is -2.26. The second-order valence-electron chi connectivity index (χ2n) is 6.42. The van der Waals surface area contributed by atoms with Crippen LogP contribution in [-0.2, 0) is 28.6 Å². The number of rotatable bonds is 6. The first-order valence-electron chi connectivity index (χ1n) is 8.60. The highest BCUT2D eigenvalue weighted by Crippen LogP contribution is 2.58. The first kappa shape index (κ1) is 18.5. The van der Waals surface area contributed by atoms with E-state index < -0.39 is 17.4 Å². The highest BCUT2D eigenvalue weighted by Gasteiger charge is 2.62. The van der Waals surface area contributed by atoms with Gasteiger partial charge in [-0.1, -0.05) is 12.2 Å². The first-order chi connectivity index (χ1) is 11.4. The summed E-state index contributed by atoms with van der Waals surface area (Å²) in [6.45, 7) is 9.91. The SMILES string of the molecule is C=C1C[C@@H](C(=O)OCC)[C@@H]2CC(C(=O)OCC)(C(=O)OCC)C[C@H]12. The summed E-state index contributed by atoms with van der Waals surface area (Å²) < 4.78 is 15.5. The molecule has 0 aromatic carbocycles. The van der Waals surface area contributed by atoms with E-state index in [0.29, 0.717) is 19.4 Å². The number of carbonyl (C=O) groups excluding carboxylic acids is 3. The molecule has 134 valence electrons. The Hall–Kier alpha value is -1.85. The molecule has 6 heteroatoms. The molecule has 3 atom stereocenters. The van der Waals surface area contributed by atoms with Gasteiger partial charge in [-0.3, -0.25) is 14.4 Å². The third-order valence-corrected chi connectivity index (χ3v) is 5.11. The molecule has 0 saturated heterocycles. The van der Waals surface area contributed by atoms with Crippen molar-refractivity contribution in [2.45, 2.75) is 40.0 Å². The van der Waals surface area contributed by atoms with Crippen LogP contribution in [0, 0.1) is 23.2 Å². The number of allylic oxidation sites excluding steroid dienone is 1. The van der Waals surface area contributed by atoms with Crippen molar-refractivity contribution in [3.63, 3.8) is 0 Å². The van der Waals surface area contributed by atoms with Gasteiger partial charge in [0.1, 0.15) is 0 Å². The molecule has 2 aliphatic carbocycles. The van der Waals surface area contributed by atoms with Crippen molar-refractivity contribution in [1.29, 1.82) is 0 Å². The Kier molecular flexibility index (Phi) is 5.67. The summed E-state index contributed by atoms with van der Waals surface area (Å²) in [5.74, 6) is -1.96. The van der Waals surface area contributed by atoms with Crippen molar-refractivity contribution in [3.05, 3.63) is 12.2 Å². The summed E-state index contributed by atoms with van der Waals surface area (Å²) in [4.78, 5) is 37.3. The largest absolute Gasteiger partial charge is 0.466 e. The van der Waals surface area contributed by atoms with E-state index in [1.807, 2.05) is 0 Å². The average Bonchev–Trinajstić information content (AvgIpc) is 3.07. The Morgan fingerprint density at radius 3 is 2.04 bits per heavy atom. The smallest absolute Gasteiger partial charge is 0.323 e. The molecule has 0 N–H and O–H groups in total. The van der Waals surface area contributed by atoms with Gasteiger partial charge in [-0.15, -0.1) is 0 Å². The predicted octanol–water partition coefficient (Wildman–Crippen LogP) is 2.26. The van der Waals surface area contributed by atoms with Crippen LogP contribution in [0.15, 0.2) is 12.2 Å². The normalized spacial score (nSPS) is 27.5. The van der Waals surface area contributed by atoms with E-state index in [2.05, 4.69) is 6.58 Å². The standard InChI is InChI=1S/C18H26O6/c1-5-22-15(19)12-8-11(4)13-9-18(10-14(12)13,16(20)23-6-2)17(21)24-7-3/h12-14H,4-10H2,1-3H3/t12-,13-,14+/m1/s1. The van der Waals surface area contributed by atoms with Gasteiger partial charge in [0.05, 0.1) is 25.7 Å². The number of esters is 3. The van der Waals surface area contributed by atoms with Crippen LogP contribution in [-0.4, -0.2) is 37.7 Å². The zero-order valence-corrected chi connectivity index (χ0v) is 14.6. The highest BCUT2D eigenvalue weighted by molar-refractivity contribution is 6.00. The van der Waals surface area contributed by atoms with Crippen molar-refractivity contribution >= 4 is 17.9 Å². The average molecular weight is 338 g/mol. The molecule has 0 aromatic heterocycles. The lowest BCUT2D eigenvalue weighted by molar-refractivity contribution is -0.172. The minimum absolute atomic E-state index is 0.0618. The van der Waals surface area contributed by atoms with Gasteiger partial charge >= 0.3 is 17.9 Å². The Labute approximate surface area is 142 Å². The molecule has 2 rings (SSSR count). The quantitative estimate of drug-likeness (QED) is 0.320. The summed E-state index contributed by atoms with van der Waals surface area (Å²) in [7, 11) is 0. The topological polar surface area (TPSA) is 78.9 Å². The van der Waals surface area contributed by atoms with Crippen LogP contribution in [0.4, 0.5) is 0 Å². The molecule has 0 unspecified atom stereocenters. The van der Waals surface area contributed by atoms with E-state index >= 15 is 0 Å². The molecule has 0 heterocycles. The zero-order valence-electron chi connectivity index (χ0n) is 14.6. The minimum atomic E-state index is -1.34. The fourth-order valence-electron chi connectivity index (χ4n) is 4.07. The van der Waals surface area contributed by atoms with E-state index in [-0.39, 0.29) is 43.4 Å². The molecule has 6 nitrogen and oxygen atoms in total. The highest BCUT2D eigenvalue weighted by atomic mass is 16.6. The van der Waals surface area contributed by atoms with Gasteiger partial charge in [-0.05, 0) is 51.9 Å². The monoisotopic (exact) mass is 338 g/mol. The van der Waals surface area contributed by atoms with Crippen molar-refractivity contribution in [1.82, 2.24) is 0 Å². The third kappa shape index (κ3) is 3.06. The van der Waals surface area contributed by atoms with E-state index in [4.69, 9.17) is 14.2 Å². The van der Waals surface area contributed by atoms with E-state index in [9.17, 15) is 14.4 Å². The number of hydrogen-bond donors (Lipinski definition) is 0. The minimum Gasteiger partial charge on any atom is -0.466 e. The van der Waals surface area contributed by atoms with Gasteiger partial charge in [0.25, 0.3) is 0 Å². The Morgan fingerprint density at radius 1 is 1.00 bits per heavy atom. The molecule has 2 fully saturated rings. The molecule has 0 aliphatic heterocycles. The van der Waals surface area contributed by atoms with Crippen molar-refractivity contribution in [2.75, 3.05) is 19.8 Å². The van der Waals surface area contributed by atoms with Crippen LogP contribution >= 0.6 is 0 Å². The predicted molar refractivity (Wildman–Crippen MR) is 85.8 cm³/mol. The maximum atomic E-state index is 12.6. The Balaban J connectivity index is 2.30. The van der Waals surface area contributed by atoms with Crippen LogP contribution in [0.3, 0.4) is 0 Å². The van der Waals surface area contributed by atoms with Crippen molar-refractivity contribution < 1.29 is 28.6 Å². The molecule has 0 spiro atoms. The second-order valence-corrected chi connectivity index (χ2v) is 6.42. The number of hydrogen-bond acceptors (Lipinski definition) is 6. The molecular formula is C18H26O6. The molecular weight excluding hydrogens is 312 g/mol. The van der Waals surface area contributed by atoms with Crippen molar-refractivity contribution in [2.24, 2.45) is 23.2 Å². The molecule has 2 aliphatic rings. The van der Waals surface area contributed by atoms with Crippen LogP contribution in [0.5, 0.6) is 0 Å². The maximum Gasteiger partial charge on any atom is 0.323 e. The number of ether oxygens (including phenoxy) is 3. The van der Waals surface area contributed by atoms with Crippen molar-refractivity contribution in [3.8, 4) is 0 Å². The third-order valence-electron chi connectivity index (χ3n) is 5.11. The van der Waals surface area contributed by atoms with E-state index in [1.165, 1.54) is 0 Å². The fraction of sp³-hybridized carbons (Fsp3) is 0.722. The number of carbonyl (C=O) groups is 3. The van der Waals surface area contributed by atoms with Gasteiger partial charge in [0.15, 0.2) is 5.41 Å². The maximum absolute atomic E-state index is 12.6. The molecule has 0 radical (unpaired) electrons. The lowest BCUT2D eigenvalue weighted by Crippen LogP contribution is -2.41. The molecule has 0 aromatic rings. The van der Waals surface area contributed by atoms with E-state index in [1.54, 1.807) is 20.8 Å². The molecule has 2 saturated carbocycles. The summed E-state index contributed by atoms with van der Waals surface area (Å²) >= 11 is 0. The Morgan fingerprint density at radius 2 is 1.54 bits per heavy atom. The summed E-state index contributed by atoms with van der Waals surface area (Å²) in [5.41, 5.74) is -0.441.